The minimum Gasteiger partial charge on any atom is -0.497 e. The summed E-state index contributed by atoms with van der Waals surface area (Å²) in [7, 11) is 1.70. The first-order valence-corrected chi connectivity index (χ1v) is 11.0. The van der Waals surface area contributed by atoms with E-state index in [0.717, 1.165) is 57.9 Å². The largest absolute Gasteiger partial charge is 0.497 e. The van der Waals surface area contributed by atoms with Crippen LogP contribution < -0.4 is 4.74 Å². The molecule has 0 saturated carbocycles. The summed E-state index contributed by atoms with van der Waals surface area (Å²) >= 11 is 0. The zero-order valence-electron chi connectivity index (χ0n) is 18.3. The Kier molecular flexibility index (Phi) is 8.72. The van der Waals surface area contributed by atoms with Crippen LogP contribution in [0, 0.1) is 0 Å². The van der Waals surface area contributed by atoms with E-state index >= 15 is 0 Å². The third-order valence-electron chi connectivity index (χ3n) is 5.69. The number of hydrogen-bond acceptors (Lipinski definition) is 5. The molecule has 3 rings (SSSR count). The molecule has 0 spiro atoms. The van der Waals surface area contributed by atoms with Gasteiger partial charge in [-0.2, -0.15) is 0 Å². The number of piperazine rings is 1. The predicted molar refractivity (Wildman–Crippen MR) is 120 cm³/mol. The maximum atomic E-state index is 11.5. The lowest BCUT2D eigenvalue weighted by molar-refractivity contribution is -0.143. The molecule has 1 saturated heterocycles. The minimum absolute atomic E-state index is 0.118. The topological polar surface area (TPSA) is 42.0 Å². The fourth-order valence-corrected chi connectivity index (χ4v) is 3.80. The van der Waals surface area contributed by atoms with Crippen LogP contribution in [0.5, 0.6) is 5.75 Å². The van der Waals surface area contributed by atoms with Gasteiger partial charge in [-0.25, -0.2) is 0 Å². The lowest BCUT2D eigenvalue weighted by atomic mass is 10.1. The van der Waals surface area contributed by atoms with Crippen molar-refractivity contribution in [3.05, 3.63) is 65.2 Å². The Bertz CT molecular complexity index is 766. The Morgan fingerprint density at radius 1 is 0.833 bits per heavy atom. The van der Waals surface area contributed by atoms with Crippen molar-refractivity contribution in [2.75, 3.05) is 46.4 Å². The van der Waals surface area contributed by atoms with Crippen LogP contribution in [0.25, 0.3) is 0 Å². The molecule has 30 heavy (non-hydrogen) atoms. The lowest BCUT2D eigenvalue weighted by Crippen LogP contribution is -2.46. The van der Waals surface area contributed by atoms with E-state index in [1.165, 1.54) is 16.7 Å². The van der Waals surface area contributed by atoms with Crippen LogP contribution >= 0.6 is 0 Å². The number of nitrogens with zero attached hydrogens (tertiary/aromatic N) is 2. The van der Waals surface area contributed by atoms with Crippen molar-refractivity contribution in [1.29, 1.82) is 0 Å². The Hall–Kier alpha value is -2.37. The Labute approximate surface area is 180 Å². The minimum atomic E-state index is -0.118. The molecule has 0 N–H and O–H groups in total. The number of rotatable bonds is 10. The Morgan fingerprint density at radius 3 is 2.00 bits per heavy atom. The van der Waals surface area contributed by atoms with Gasteiger partial charge in [-0.3, -0.25) is 9.69 Å². The van der Waals surface area contributed by atoms with Gasteiger partial charge in [0.05, 0.1) is 13.7 Å². The molecule has 0 unspecified atom stereocenters. The van der Waals surface area contributed by atoms with Gasteiger partial charge in [0.25, 0.3) is 0 Å². The van der Waals surface area contributed by atoms with Crippen molar-refractivity contribution in [3.63, 3.8) is 0 Å². The van der Waals surface area contributed by atoms with E-state index in [1.807, 2.05) is 19.1 Å². The van der Waals surface area contributed by atoms with Gasteiger partial charge in [0, 0.05) is 45.7 Å². The summed E-state index contributed by atoms with van der Waals surface area (Å²) in [6.45, 7) is 8.85. The highest BCUT2D eigenvalue weighted by molar-refractivity contribution is 5.69. The summed E-state index contributed by atoms with van der Waals surface area (Å²) < 4.78 is 10.2. The molecular weight excluding hydrogens is 376 g/mol. The van der Waals surface area contributed by atoms with Crippen molar-refractivity contribution in [2.24, 2.45) is 0 Å². The lowest BCUT2D eigenvalue weighted by Gasteiger charge is -2.34. The highest BCUT2D eigenvalue weighted by Crippen LogP contribution is 2.15. The molecule has 162 valence electrons. The quantitative estimate of drug-likeness (QED) is 0.561. The molecule has 0 bridgehead atoms. The monoisotopic (exact) mass is 410 g/mol. The fourth-order valence-electron chi connectivity index (χ4n) is 3.80. The average molecular weight is 411 g/mol. The molecule has 1 heterocycles. The maximum Gasteiger partial charge on any atom is 0.306 e. The van der Waals surface area contributed by atoms with Crippen molar-refractivity contribution < 1.29 is 14.3 Å². The summed E-state index contributed by atoms with van der Waals surface area (Å²) in [4.78, 5) is 16.6. The van der Waals surface area contributed by atoms with Gasteiger partial charge >= 0.3 is 5.97 Å². The Morgan fingerprint density at radius 2 is 1.40 bits per heavy atom. The second-order valence-corrected chi connectivity index (χ2v) is 7.84. The van der Waals surface area contributed by atoms with E-state index in [4.69, 9.17) is 9.47 Å². The second-order valence-electron chi connectivity index (χ2n) is 7.84. The van der Waals surface area contributed by atoms with Crippen LogP contribution in [-0.4, -0.2) is 62.2 Å². The zero-order valence-corrected chi connectivity index (χ0v) is 18.3. The molecule has 1 aliphatic rings. The van der Waals surface area contributed by atoms with Gasteiger partial charge in [0.2, 0.25) is 0 Å². The summed E-state index contributed by atoms with van der Waals surface area (Å²) in [6, 6.07) is 17.0. The number of benzene rings is 2. The van der Waals surface area contributed by atoms with Gasteiger partial charge in [-0.1, -0.05) is 36.4 Å². The van der Waals surface area contributed by atoms with E-state index in [9.17, 15) is 4.79 Å². The first kappa shape index (κ1) is 22.3. The van der Waals surface area contributed by atoms with E-state index in [1.54, 1.807) is 7.11 Å². The first-order chi connectivity index (χ1) is 14.7. The van der Waals surface area contributed by atoms with Crippen LogP contribution in [0.15, 0.2) is 48.5 Å². The normalized spacial score (nSPS) is 15.1. The molecule has 1 aliphatic heterocycles. The molecule has 0 aliphatic carbocycles. The van der Waals surface area contributed by atoms with Crippen LogP contribution in [0.3, 0.4) is 0 Å². The molecule has 5 nitrogen and oxygen atoms in total. The molecule has 0 amide bonds. The fraction of sp³-hybridized carbons (Fsp3) is 0.480. The Balaban J connectivity index is 1.35. The number of esters is 1. The van der Waals surface area contributed by atoms with Crippen LogP contribution in [0.2, 0.25) is 0 Å². The van der Waals surface area contributed by atoms with E-state index < -0.39 is 0 Å². The van der Waals surface area contributed by atoms with Gasteiger partial charge in [0.1, 0.15) is 5.75 Å². The number of carbonyl (C=O) groups is 1. The molecule has 0 aromatic heterocycles. The summed E-state index contributed by atoms with van der Waals surface area (Å²) in [5.41, 5.74) is 3.89. The molecule has 2 aromatic carbocycles. The molecule has 0 radical (unpaired) electrons. The third-order valence-corrected chi connectivity index (χ3v) is 5.69. The highest BCUT2D eigenvalue weighted by Gasteiger charge is 2.16. The van der Waals surface area contributed by atoms with Crippen LogP contribution in [0.1, 0.15) is 30.0 Å². The average Bonchev–Trinajstić information content (AvgIpc) is 2.79. The molecule has 1 fully saturated rings. The smallest absolute Gasteiger partial charge is 0.306 e. The molecule has 0 atom stereocenters. The van der Waals surface area contributed by atoms with Gasteiger partial charge < -0.3 is 14.4 Å². The highest BCUT2D eigenvalue weighted by atomic mass is 16.5. The van der Waals surface area contributed by atoms with Crippen LogP contribution in [-0.2, 0) is 28.9 Å². The SMILES string of the molecule is CCOC(=O)CCc1ccc(CCN2CCN(Cc3ccc(OC)cc3)CC2)cc1. The van der Waals surface area contributed by atoms with E-state index in [2.05, 4.69) is 46.2 Å². The van der Waals surface area contributed by atoms with Gasteiger partial charge in [-0.15, -0.1) is 0 Å². The molecular formula is C25H34N2O3. The van der Waals surface area contributed by atoms with Crippen molar-refractivity contribution >= 4 is 5.97 Å². The molecule has 5 heteroatoms. The number of methoxy groups -OCH3 is 1. The van der Waals surface area contributed by atoms with Gasteiger partial charge in [-0.05, 0) is 48.6 Å². The summed E-state index contributed by atoms with van der Waals surface area (Å²) in [6.07, 6.45) is 2.26. The van der Waals surface area contributed by atoms with Crippen LogP contribution in [0.4, 0.5) is 0 Å². The predicted octanol–water partition coefficient (Wildman–Crippen LogP) is 3.55. The number of hydrogen-bond donors (Lipinski definition) is 0. The van der Waals surface area contributed by atoms with Crippen molar-refractivity contribution in [2.45, 2.75) is 32.7 Å². The number of ether oxygens (including phenoxy) is 2. The maximum absolute atomic E-state index is 11.5. The van der Waals surface area contributed by atoms with Crippen molar-refractivity contribution in [3.8, 4) is 5.75 Å². The number of carbonyl (C=O) groups excluding carboxylic acids is 1. The summed E-state index contributed by atoms with van der Waals surface area (Å²) in [5.74, 6) is 0.795. The van der Waals surface area contributed by atoms with Crippen molar-refractivity contribution in [1.82, 2.24) is 9.80 Å². The van der Waals surface area contributed by atoms with Gasteiger partial charge in [0.15, 0.2) is 0 Å². The standard InChI is InChI=1S/C25H34N2O3/c1-3-30-25(28)13-10-21-4-6-22(7-5-21)14-15-26-16-18-27(19-17-26)20-23-8-11-24(29-2)12-9-23/h4-9,11-12H,3,10,13-20H2,1-2H3. The zero-order chi connectivity index (χ0) is 21.2. The number of aryl methyl sites for hydroxylation is 1. The van der Waals surface area contributed by atoms with E-state index in [-0.39, 0.29) is 5.97 Å². The summed E-state index contributed by atoms with van der Waals surface area (Å²) in [5, 5.41) is 0. The third kappa shape index (κ3) is 7.15. The van der Waals surface area contributed by atoms with E-state index in [0.29, 0.717) is 13.0 Å². The second kappa shape index (κ2) is 11.7. The molecule has 2 aromatic rings. The first-order valence-electron chi connectivity index (χ1n) is 11.0.